The highest BCUT2D eigenvalue weighted by molar-refractivity contribution is 5.75. The quantitative estimate of drug-likeness (QED) is 0.0732. The molecule has 20 atom stereocenters. The third-order valence-electron chi connectivity index (χ3n) is 13.5. The molecule has 12 N–H and O–H groups in total. The number of nitrogens with zero attached hydrogens (tertiary/aromatic N) is 1. The number of hydrogen-bond acceptors (Lipinski definition) is 21. The van der Waals surface area contributed by atoms with Crippen LogP contribution < -0.4 is 10.6 Å². The molecule has 0 spiro atoms. The lowest BCUT2D eigenvalue weighted by atomic mass is 9.83. The van der Waals surface area contributed by atoms with Crippen LogP contribution in [0.3, 0.4) is 0 Å². The number of aliphatic hydroxyl groups is 10. The number of amides is 1. The highest BCUT2D eigenvalue weighted by Crippen LogP contribution is 2.38. The Morgan fingerprint density at radius 3 is 1.31 bits per heavy atom. The molecule has 22 heteroatoms. The summed E-state index contributed by atoms with van der Waals surface area (Å²) >= 11 is 0. The van der Waals surface area contributed by atoms with Crippen molar-refractivity contribution in [1.82, 2.24) is 15.5 Å². The van der Waals surface area contributed by atoms with Crippen LogP contribution in [0.15, 0.2) is 24.6 Å². The fourth-order valence-corrected chi connectivity index (χ4v) is 9.55. The Morgan fingerprint density at radius 1 is 0.538 bits per heavy atom. The second-order valence-corrected chi connectivity index (χ2v) is 18.0. The van der Waals surface area contributed by atoms with Gasteiger partial charge in [0.2, 0.25) is 5.91 Å². The Kier molecular flexibility index (Phi) is 19.6. The highest BCUT2D eigenvalue weighted by Gasteiger charge is 2.53. The van der Waals surface area contributed by atoms with Crippen molar-refractivity contribution in [2.24, 2.45) is 11.8 Å². The Balaban J connectivity index is 1.02. The van der Waals surface area contributed by atoms with Crippen LogP contribution in [0, 0.1) is 11.8 Å². The number of rotatable bonds is 15. The van der Waals surface area contributed by atoms with Gasteiger partial charge in [-0.15, -0.1) is 0 Å². The molecule has 0 aromatic carbocycles. The van der Waals surface area contributed by atoms with Crippen molar-refractivity contribution in [2.45, 2.75) is 188 Å². The van der Waals surface area contributed by atoms with Crippen LogP contribution in [0.2, 0.25) is 0 Å². The fraction of sp³-hybridized carbons (Fsp3) is 0.884. The maximum Gasteiger partial charge on any atom is 0.225 e. The predicted octanol–water partition coefficient (Wildman–Crippen LogP) is -2.92. The lowest BCUT2D eigenvalue weighted by molar-refractivity contribution is -0.356. The molecule has 0 radical (unpaired) electrons. The standard InChI is InChI=1S/C43H73N3O19/c1-4-29(49)46(19-44-21(2)11-13-25-23-9-5-7-15-58-40-36(56)32(52)38(27(17-47)62-40)64-42(60-25)34(54)30(23)50)20-45-22(3)12-14-26-24-10-6-8-16-59-41-37(57)33(53)39(28(18-48)63-41)65-43(61-26)35(55)31(24)51/h23-28,30-45,47-48,50-57H,2-20H2,1H3/t23?,24?,25?,26?,27?,28?,30-,31-,32+,33+,34?,35?,36?,37?,38?,39?,40-,41-,42+,43+/m0/s1. The van der Waals surface area contributed by atoms with E-state index in [0.29, 0.717) is 75.6 Å². The molecule has 12 aliphatic heterocycles. The van der Waals surface area contributed by atoms with Crippen LogP contribution in [0.5, 0.6) is 0 Å². The number of aliphatic hydroxyl groups excluding tert-OH is 10. The Bertz CT molecular complexity index is 1420. The zero-order chi connectivity index (χ0) is 46.9. The first-order valence-electron chi connectivity index (χ1n) is 23.1. The van der Waals surface area contributed by atoms with Crippen LogP contribution in [-0.4, -0.2) is 212 Å². The zero-order valence-electron chi connectivity index (χ0n) is 37.1. The maximum atomic E-state index is 13.1. The fourth-order valence-electron chi connectivity index (χ4n) is 9.55. The number of ether oxygens (including phenoxy) is 8. The third-order valence-corrected chi connectivity index (χ3v) is 13.5. The highest BCUT2D eigenvalue weighted by atomic mass is 16.7. The van der Waals surface area contributed by atoms with E-state index in [1.807, 2.05) is 0 Å². The first kappa shape index (κ1) is 52.2. The Labute approximate surface area is 379 Å². The minimum absolute atomic E-state index is 0.0842. The average molecular weight is 936 g/mol. The van der Waals surface area contributed by atoms with Crippen LogP contribution in [-0.2, 0) is 42.7 Å². The molecule has 0 saturated carbocycles. The molecule has 0 aromatic heterocycles. The molecule has 374 valence electrons. The zero-order valence-corrected chi connectivity index (χ0v) is 37.1. The van der Waals surface area contributed by atoms with Crippen molar-refractivity contribution in [3.05, 3.63) is 24.6 Å². The number of allylic oxidation sites excluding steroid dienone is 2. The molecule has 22 nitrogen and oxygen atoms in total. The predicted molar refractivity (Wildman–Crippen MR) is 223 cm³/mol. The Morgan fingerprint density at radius 2 is 0.923 bits per heavy atom. The summed E-state index contributed by atoms with van der Waals surface area (Å²) in [6.07, 6.45) is -18.2. The molecule has 12 heterocycles. The van der Waals surface area contributed by atoms with Crippen LogP contribution in [0.25, 0.3) is 0 Å². The van der Waals surface area contributed by atoms with E-state index >= 15 is 0 Å². The van der Waals surface area contributed by atoms with Gasteiger partial charge in [0.1, 0.15) is 61.0 Å². The summed E-state index contributed by atoms with van der Waals surface area (Å²) in [5.74, 6) is -1.15. The first-order valence-corrected chi connectivity index (χ1v) is 23.1. The van der Waals surface area contributed by atoms with Gasteiger partial charge in [-0.05, 0) is 51.4 Å². The molecule has 8 bridgehead atoms. The van der Waals surface area contributed by atoms with Crippen molar-refractivity contribution >= 4 is 5.91 Å². The van der Waals surface area contributed by atoms with Gasteiger partial charge in [0.15, 0.2) is 25.2 Å². The van der Waals surface area contributed by atoms with E-state index in [0.717, 1.165) is 0 Å². The number of nitrogens with one attached hydrogen (secondary N) is 2. The van der Waals surface area contributed by atoms with Gasteiger partial charge in [-0.2, -0.15) is 0 Å². The maximum absolute atomic E-state index is 13.1. The van der Waals surface area contributed by atoms with E-state index in [-0.39, 0.29) is 38.9 Å². The monoisotopic (exact) mass is 935 g/mol. The average Bonchev–Trinajstić information content (AvgIpc) is 3.30. The van der Waals surface area contributed by atoms with E-state index in [2.05, 4.69) is 23.8 Å². The van der Waals surface area contributed by atoms with Gasteiger partial charge in [0, 0.05) is 42.9 Å². The molecule has 12 aliphatic rings. The lowest BCUT2D eigenvalue weighted by Crippen LogP contribution is -2.63. The summed E-state index contributed by atoms with van der Waals surface area (Å²) in [5.41, 5.74) is 1.13. The van der Waals surface area contributed by atoms with E-state index in [4.69, 9.17) is 37.9 Å². The topological polar surface area (TPSA) is 321 Å². The first-order chi connectivity index (χ1) is 31.2. The molecule has 0 aromatic rings. The number of carbonyl (C=O) groups excluding carboxylic acids is 1. The van der Waals surface area contributed by atoms with Crippen molar-refractivity contribution in [3.63, 3.8) is 0 Å². The van der Waals surface area contributed by atoms with Gasteiger partial charge in [0.25, 0.3) is 0 Å². The minimum Gasteiger partial charge on any atom is -0.394 e. The summed E-state index contributed by atoms with van der Waals surface area (Å²) < 4.78 is 47.1. The van der Waals surface area contributed by atoms with E-state index in [1.165, 1.54) is 0 Å². The summed E-state index contributed by atoms with van der Waals surface area (Å²) in [4.78, 5) is 14.6. The van der Waals surface area contributed by atoms with Gasteiger partial charge >= 0.3 is 0 Å². The van der Waals surface area contributed by atoms with Crippen molar-refractivity contribution in [3.8, 4) is 0 Å². The second kappa shape index (κ2) is 24.4. The van der Waals surface area contributed by atoms with Gasteiger partial charge < -0.3 is 104 Å². The second-order valence-electron chi connectivity index (χ2n) is 18.0. The smallest absolute Gasteiger partial charge is 0.225 e. The normalized spacial score (nSPS) is 42.8. The molecule has 65 heavy (non-hydrogen) atoms. The third kappa shape index (κ3) is 12.7. The summed E-state index contributed by atoms with van der Waals surface area (Å²) in [5, 5.41) is 114. The van der Waals surface area contributed by atoms with E-state index < -0.39 is 136 Å². The summed E-state index contributed by atoms with van der Waals surface area (Å²) in [7, 11) is 0. The molecule has 12 rings (SSSR count). The van der Waals surface area contributed by atoms with Crippen molar-refractivity contribution < 1.29 is 93.8 Å². The number of carbonyl (C=O) groups is 1. The SMILES string of the molecule is C=C(CCC1O[C@@H]2OC3C(CO)O[C@H](OCCCCC1[C@H](O)C2O)C(O)[C@H]3O)NCN(CNC(=C)CCC1O[C@@H]2OC3C(CO)O[C@H](OCCCCC1[C@H](O)C2O)C(O)[C@H]3O)C(=O)CC. The van der Waals surface area contributed by atoms with Gasteiger partial charge in [-0.1, -0.05) is 32.9 Å². The number of hydrogen-bond donors (Lipinski definition) is 12. The molecule has 12 unspecified atom stereocenters. The van der Waals surface area contributed by atoms with Gasteiger partial charge in [0.05, 0.1) is 51.0 Å². The van der Waals surface area contributed by atoms with Gasteiger partial charge in [-0.25, -0.2) is 0 Å². The van der Waals surface area contributed by atoms with Crippen LogP contribution >= 0.6 is 0 Å². The molecular weight excluding hydrogens is 862 g/mol. The Hall–Kier alpha value is -2.17. The lowest BCUT2D eigenvalue weighted by Gasteiger charge is -2.47. The molecular formula is C43H73N3O19. The van der Waals surface area contributed by atoms with E-state index in [9.17, 15) is 55.9 Å². The molecule has 0 aliphatic carbocycles. The van der Waals surface area contributed by atoms with Crippen molar-refractivity contribution in [2.75, 3.05) is 39.8 Å². The summed E-state index contributed by atoms with van der Waals surface area (Å²) in [6, 6.07) is 0. The van der Waals surface area contributed by atoms with Gasteiger partial charge in [-0.3, -0.25) is 4.79 Å². The van der Waals surface area contributed by atoms with Crippen molar-refractivity contribution in [1.29, 1.82) is 0 Å². The molecule has 1 amide bonds. The van der Waals surface area contributed by atoms with E-state index in [1.54, 1.807) is 11.8 Å². The van der Waals surface area contributed by atoms with Crippen LogP contribution in [0.4, 0.5) is 0 Å². The summed E-state index contributed by atoms with van der Waals surface area (Å²) in [6.45, 7) is 9.39. The van der Waals surface area contributed by atoms with Crippen LogP contribution in [0.1, 0.15) is 77.6 Å². The molecule has 12 fully saturated rings. The largest absolute Gasteiger partial charge is 0.394 e. The molecule has 12 saturated heterocycles. The minimum atomic E-state index is -1.55.